The summed E-state index contributed by atoms with van der Waals surface area (Å²) in [6, 6.07) is 8.87. The van der Waals surface area contributed by atoms with Gasteiger partial charge in [-0.2, -0.15) is 0 Å². The number of aromatic nitrogens is 1. The number of nitrogens with zero attached hydrogens (tertiary/aromatic N) is 1. The van der Waals surface area contributed by atoms with Gasteiger partial charge in [-0.15, -0.1) is 0 Å². The summed E-state index contributed by atoms with van der Waals surface area (Å²) in [5.74, 6) is 1.67. The van der Waals surface area contributed by atoms with Gasteiger partial charge in [-0.05, 0) is 25.1 Å². The fraction of sp³-hybridized carbons (Fsp3) is 0.182. The molecule has 2 aromatic rings. The molecule has 0 saturated heterocycles. The molecule has 0 amide bonds. The summed E-state index contributed by atoms with van der Waals surface area (Å²) in [7, 11) is 0. The minimum Gasteiger partial charge on any atom is -0.464 e. The van der Waals surface area contributed by atoms with Gasteiger partial charge in [-0.3, -0.25) is 4.79 Å². The monoisotopic (exact) mass is 189 g/mol. The van der Waals surface area contributed by atoms with Crippen molar-refractivity contribution in [3.8, 4) is 0 Å². The quantitative estimate of drug-likeness (QED) is 0.722. The Balaban J connectivity index is 2.27. The molecule has 72 valence electrons. The number of pyridine rings is 1. The van der Waals surface area contributed by atoms with Gasteiger partial charge in [0.2, 0.25) is 0 Å². The highest BCUT2D eigenvalue weighted by atomic mass is 16.3. The Morgan fingerprint density at radius 2 is 2.14 bits per heavy atom. The van der Waals surface area contributed by atoms with Crippen LogP contribution in [-0.2, 0) is 6.54 Å². The van der Waals surface area contributed by atoms with Crippen molar-refractivity contribution in [2.24, 2.45) is 0 Å². The molecular formula is C11H11NO2. The van der Waals surface area contributed by atoms with E-state index in [-0.39, 0.29) is 5.56 Å². The fourth-order valence-corrected chi connectivity index (χ4v) is 1.33. The summed E-state index contributed by atoms with van der Waals surface area (Å²) in [5, 5.41) is 0. The van der Waals surface area contributed by atoms with Gasteiger partial charge < -0.3 is 8.98 Å². The normalized spacial score (nSPS) is 10.4. The fourth-order valence-electron chi connectivity index (χ4n) is 1.33. The molecule has 0 atom stereocenters. The second kappa shape index (κ2) is 3.54. The molecule has 0 aliphatic carbocycles. The van der Waals surface area contributed by atoms with Crippen molar-refractivity contribution in [1.29, 1.82) is 0 Å². The molecule has 0 aromatic carbocycles. The van der Waals surface area contributed by atoms with E-state index in [1.807, 2.05) is 25.1 Å². The molecule has 0 spiro atoms. The maximum Gasteiger partial charge on any atom is 0.250 e. The van der Waals surface area contributed by atoms with Gasteiger partial charge >= 0.3 is 0 Å². The average Bonchev–Trinajstić information content (AvgIpc) is 2.56. The molecule has 2 aromatic heterocycles. The molecule has 0 unspecified atom stereocenters. The zero-order valence-electron chi connectivity index (χ0n) is 7.93. The summed E-state index contributed by atoms with van der Waals surface area (Å²) in [5.41, 5.74) is -0.0125. The molecule has 2 heterocycles. The Kier molecular flexibility index (Phi) is 2.23. The van der Waals surface area contributed by atoms with E-state index in [4.69, 9.17) is 4.42 Å². The molecule has 0 bridgehead atoms. The first-order chi connectivity index (χ1) is 6.75. The first kappa shape index (κ1) is 8.81. The van der Waals surface area contributed by atoms with Gasteiger partial charge in [-0.1, -0.05) is 6.07 Å². The standard InChI is InChI=1S/C11H11NO2/c1-9-5-6-10(14-9)8-12-7-3-2-4-11(12)13/h2-7H,8H2,1H3. The highest BCUT2D eigenvalue weighted by Gasteiger charge is 2.00. The molecule has 0 aliphatic rings. The zero-order valence-corrected chi connectivity index (χ0v) is 7.93. The van der Waals surface area contributed by atoms with Gasteiger partial charge in [-0.25, -0.2) is 0 Å². The van der Waals surface area contributed by atoms with Crippen LogP contribution in [0.15, 0.2) is 45.7 Å². The van der Waals surface area contributed by atoms with Gasteiger partial charge in [0.05, 0.1) is 6.54 Å². The van der Waals surface area contributed by atoms with E-state index in [9.17, 15) is 4.79 Å². The van der Waals surface area contributed by atoms with Crippen molar-refractivity contribution in [2.75, 3.05) is 0 Å². The highest BCUT2D eigenvalue weighted by molar-refractivity contribution is 5.06. The first-order valence-corrected chi connectivity index (χ1v) is 4.46. The number of hydrogen-bond acceptors (Lipinski definition) is 2. The smallest absolute Gasteiger partial charge is 0.250 e. The molecule has 3 nitrogen and oxygen atoms in total. The van der Waals surface area contributed by atoms with Crippen LogP contribution >= 0.6 is 0 Å². The van der Waals surface area contributed by atoms with Crippen molar-refractivity contribution < 1.29 is 4.42 Å². The lowest BCUT2D eigenvalue weighted by Crippen LogP contribution is -2.17. The van der Waals surface area contributed by atoms with Crippen LogP contribution in [0.4, 0.5) is 0 Å². The third-order valence-electron chi connectivity index (χ3n) is 2.02. The molecule has 0 aliphatic heterocycles. The third kappa shape index (κ3) is 1.76. The predicted molar refractivity (Wildman–Crippen MR) is 53.2 cm³/mol. The SMILES string of the molecule is Cc1ccc(Cn2ccccc2=O)o1. The summed E-state index contributed by atoms with van der Waals surface area (Å²) >= 11 is 0. The Hall–Kier alpha value is -1.77. The Bertz CT molecular complexity index is 482. The third-order valence-corrected chi connectivity index (χ3v) is 2.02. The molecule has 0 fully saturated rings. The van der Waals surface area contributed by atoms with Crippen LogP contribution in [0.2, 0.25) is 0 Å². The van der Waals surface area contributed by atoms with Crippen LogP contribution in [0.5, 0.6) is 0 Å². The van der Waals surface area contributed by atoms with E-state index in [2.05, 4.69) is 0 Å². The van der Waals surface area contributed by atoms with E-state index in [0.717, 1.165) is 11.5 Å². The van der Waals surface area contributed by atoms with E-state index >= 15 is 0 Å². The molecular weight excluding hydrogens is 178 g/mol. The number of hydrogen-bond donors (Lipinski definition) is 0. The van der Waals surface area contributed by atoms with Crippen molar-refractivity contribution in [3.63, 3.8) is 0 Å². The largest absolute Gasteiger partial charge is 0.464 e. The van der Waals surface area contributed by atoms with E-state index in [1.54, 1.807) is 16.8 Å². The molecule has 14 heavy (non-hydrogen) atoms. The second-order valence-electron chi connectivity index (χ2n) is 3.18. The van der Waals surface area contributed by atoms with Gasteiger partial charge in [0.25, 0.3) is 5.56 Å². The molecule has 0 N–H and O–H groups in total. The van der Waals surface area contributed by atoms with Crippen LogP contribution in [0, 0.1) is 6.92 Å². The lowest BCUT2D eigenvalue weighted by Gasteiger charge is -2.00. The second-order valence-corrected chi connectivity index (χ2v) is 3.18. The van der Waals surface area contributed by atoms with Crippen molar-refractivity contribution in [3.05, 3.63) is 58.4 Å². The Morgan fingerprint density at radius 1 is 1.29 bits per heavy atom. The molecule has 2 rings (SSSR count). The van der Waals surface area contributed by atoms with Crippen molar-refractivity contribution in [2.45, 2.75) is 13.5 Å². The minimum absolute atomic E-state index is 0.0125. The van der Waals surface area contributed by atoms with Crippen LogP contribution in [-0.4, -0.2) is 4.57 Å². The molecule has 0 radical (unpaired) electrons. The molecule has 0 saturated carbocycles. The number of rotatable bonds is 2. The van der Waals surface area contributed by atoms with Crippen LogP contribution in [0.1, 0.15) is 11.5 Å². The summed E-state index contributed by atoms with van der Waals surface area (Å²) < 4.78 is 6.99. The lowest BCUT2D eigenvalue weighted by molar-refractivity contribution is 0.467. The topological polar surface area (TPSA) is 35.1 Å². The Morgan fingerprint density at radius 3 is 2.79 bits per heavy atom. The van der Waals surface area contributed by atoms with Crippen LogP contribution in [0.25, 0.3) is 0 Å². The lowest BCUT2D eigenvalue weighted by atomic mass is 10.4. The number of aryl methyl sites for hydroxylation is 1. The summed E-state index contributed by atoms with van der Waals surface area (Å²) in [6.07, 6.45) is 1.75. The van der Waals surface area contributed by atoms with E-state index in [0.29, 0.717) is 6.54 Å². The first-order valence-electron chi connectivity index (χ1n) is 4.46. The van der Waals surface area contributed by atoms with E-state index in [1.165, 1.54) is 6.07 Å². The zero-order chi connectivity index (χ0) is 9.97. The summed E-state index contributed by atoms with van der Waals surface area (Å²) in [4.78, 5) is 11.4. The van der Waals surface area contributed by atoms with Gasteiger partial charge in [0, 0.05) is 12.3 Å². The van der Waals surface area contributed by atoms with Crippen molar-refractivity contribution in [1.82, 2.24) is 4.57 Å². The predicted octanol–water partition coefficient (Wildman–Crippen LogP) is 1.80. The van der Waals surface area contributed by atoms with Gasteiger partial charge in [0.1, 0.15) is 11.5 Å². The average molecular weight is 189 g/mol. The number of furan rings is 1. The molecule has 3 heteroatoms. The summed E-state index contributed by atoms with van der Waals surface area (Å²) in [6.45, 7) is 2.38. The van der Waals surface area contributed by atoms with Crippen molar-refractivity contribution >= 4 is 0 Å². The minimum atomic E-state index is -0.0125. The maximum absolute atomic E-state index is 11.4. The van der Waals surface area contributed by atoms with Crippen LogP contribution < -0.4 is 5.56 Å². The van der Waals surface area contributed by atoms with Gasteiger partial charge in [0.15, 0.2) is 0 Å². The van der Waals surface area contributed by atoms with Crippen LogP contribution in [0.3, 0.4) is 0 Å². The highest BCUT2D eigenvalue weighted by Crippen LogP contribution is 2.06. The van der Waals surface area contributed by atoms with E-state index < -0.39 is 0 Å². The Labute approximate surface area is 81.6 Å². The maximum atomic E-state index is 11.4.